The fourth-order valence-electron chi connectivity index (χ4n) is 3.60. The molecule has 3 aromatic carbocycles. The molecule has 0 bridgehead atoms. The highest BCUT2D eigenvalue weighted by Gasteiger charge is 2.17. The van der Waals surface area contributed by atoms with Crippen LogP contribution in [0.5, 0.6) is 5.88 Å². The van der Waals surface area contributed by atoms with Gasteiger partial charge in [0.15, 0.2) is 0 Å². The van der Waals surface area contributed by atoms with Crippen molar-refractivity contribution in [3.63, 3.8) is 0 Å². The first-order valence-electron chi connectivity index (χ1n) is 10.5. The van der Waals surface area contributed by atoms with Crippen molar-refractivity contribution in [3.8, 4) is 11.6 Å². The van der Waals surface area contributed by atoms with Gasteiger partial charge >= 0.3 is 0 Å². The first-order valence-corrected chi connectivity index (χ1v) is 10.5. The summed E-state index contributed by atoms with van der Waals surface area (Å²) in [6.07, 6.45) is 3.09. The summed E-state index contributed by atoms with van der Waals surface area (Å²) in [5.41, 5.74) is 2.48. The number of hydrogen-bond acceptors (Lipinski definition) is 4. The number of aromatic nitrogens is 1. The number of rotatable bonds is 6. The van der Waals surface area contributed by atoms with E-state index < -0.39 is 0 Å². The third kappa shape index (κ3) is 4.32. The zero-order valence-electron chi connectivity index (χ0n) is 18.2. The number of benzene rings is 3. The van der Waals surface area contributed by atoms with E-state index in [4.69, 9.17) is 0 Å². The molecule has 4 rings (SSSR count). The molecule has 0 spiro atoms. The summed E-state index contributed by atoms with van der Waals surface area (Å²) < 4.78 is 1.27. The molecule has 164 valence electrons. The summed E-state index contributed by atoms with van der Waals surface area (Å²) in [6, 6.07) is 21.3. The third-order valence-electron chi connectivity index (χ3n) is 5.28. The number of aryl methyl sites for hydroxylation is 1. The highest BCUT2D eigenvalue weighted by atomic mass is 16.3. The van der Waals surface area contributed by atoms with Crippen LogP contribution in [0.1, 0.15) is 21.5 Å². The second-order valence-corrected chi connectivity index (χ2v) is 7.53. The van der Waals surface area contributed by atoms with Gasteiger partial charge in [0.25, 0.3) is 11.5 Å². The van der Waals surface area contributed by atoms with E-state index in [1.54, 1.807) is 66.7 Å². The smallest absolute Gasteiger partial charge is 0.265 e. The Kier molecular flexibility index (Phi) is 6.17. The highest BCUT2D eigenvalue weighted by Crippen LogP contribution is 2.27. The van der Waals surface area contributed by atoms with Gasteiger partial charge in [0, 0.05) is 23.5 Å². The van der Waals surface area contributed by atoms with Crippen molar-refractivity contribution in [1.82, 2.24) is 9.88 Å². The molecule has 1 heterocycles. The quantitative estimate of drug-likeness (QED) is 0.340. The van der Waals surface area contributed by atoms with E-state index in [0.717, 1.165) is 5.56 Å². The molecule has 0 unspecified atom stereocenters. The van der Waals surface area contributed by atoms with Crippen molar-refractivity contribution in [2.45, 2.75) is 6.92 Å². The number of fused-ring (bicyclic) bond motifs is 1. The Labute approximate surface area is 191 Å². The maximum absolute atomic E-state index is 13.2. The molecule has 0 atom stereocenters. The van der Waals surface area contributed by atoms with Crippen LogP contribution >= 0.6 is 0 Å². The third-order valence-corrected chi connectivity index (χ3v) is 5.28. The molecular formula is C27H23N3O3. The lowest BCUT2D eigenvalue weighted by Gasteiger charge is -2.14. The SMILES string of the molecule is C=CCNC(=O)c1ccccc1N=Cc1c(O)n(-c2ccc(C)cc2)c(=O)c2ccccc12. The Bertz CT molecular complexity index is 1430. The molecule has 33 heavy (non-hydrogen) atoms. The number of nitrogens with one attached hydrogen (secondary N) is 1. The first kappa shape index (κ1) is 21.8. The minimum absolute atomic E-state index is 0.222. The van der Waals surface area contributed by atoms with Crippen molar-refractivity contribution in [2.75, 3.05) is 6.54 Å². The van der Waals surface area contributed by atoms with Crippen LogP contribution in [-0.4, -0.2) is 28.3 Å². The zero-order chi connectivity index (χ0) is 23.4. The van der Waals surface area contributed by atoms with Gasteiger partial charge in [0.1, 0.15) is 0 Å². The number of nitrogens with zero attached hydrogens (tertiary/aromatic N) is 2. The Morgan fingerprint density at radius 3 is 2.42 bits per heavy atom. The van der Waals surface area contributed by atoms with Crippen LogP contribution in [0.3, 0.4) is 0 Å². The fourth-order valence-corrected chi connectivity index (χ4v) is 3.60. The Morgan fingerprint density at radius 1 is 1.03 bits per heavy atom. The molecule has 6 heteroatoms. The van der Waals surface area contributed by atoms with E-state index >= 15 is 0 Å². The summed E-state index contributed by atoms with van der Waals surface area (Å²) >= 11 is 0. The molecule has 0 aliphatic rings. The predicted molar refractivity (Wildman–Crippen MR) is 132 cm³/mol. The maximum Gasteiger partial charge on any atom is 0.265 e. The van der Waals surface area contributed by atoms with E-state index in [1.165, 1.54) is 10.8 Å². The number of hydrogen-bond donors (Lipinski definition) is 2. The van der Waals surface area contributed by atoms with Crippen molar-refractivity contribution < 1.29 is 9.90 Å². The fraction of sp³-hybridized carbons (Fsp3) is 0.0741. The lowest BCUT2D eigenvalue weighted by Crippen LogP contribution is -2.23. The van der Waals surface area contributed by atoms with Crippen LogP contribution < -0.4 is 10.9 Å². The van der Waals surface area contributed by atoms with Crippen molar-refractivity contribution in [1.29, 1.82) is 0 Å². The average molecular weight is 437 g/mol. The molecule has 2 N–H and O–H groups in total. The zero-order valence-corrected chi connectivity index (χ0v) is 18.2. The van der Waals surface area contributed by atoms with E-state index in [2.05, 4.69) is 16.9 Å². The molecule has 1 amide bonds. The van der Waals surface area contributed by atoms with E-state index in [-0.39, 0.29) is 17.3 Å². The second-order valence-electron chi connectivity index (χ2n) is 7.53. The number of carbonyl (C=O) groups excluding carboxylic acids is 1. The van der Waals surface area contributed by atoms with Crippen LogP contribution in [0.4, 0.5) is 5.69 Å². The minimum Gasteiger partial charge on any atom is -0.494 e. The summed E-state index contributed by atoms with van der Waals surface area (Å²) in [5.74, 6) is -0.499. The molecule has 0 aliphatic heterocycles. The number of para-hydroxylation sites is 1. The normalized spacial score (nSPS) is 11.1. The van der Waals surface area contributed by atoms with E-state index in [0.29, 0.717) is 39.8 Å². The standard InChI is InChI=1S/C27H23N3O3/c1-3-16-28-25(31)22-10-6-7-11-24(22)29-17-23-20-8-4-5-9-21(20)26(32)30(27(23)33)19-14-12-18(2)13-15-19/h3-15,17,33H,1,16H2,2H3,(H,28,31). The van der Waals surface area contributed by atoms with Crippen molar-refractivity contribution >= 4 is 28.6 Å². The predicted octanol–water partition coefficient (Wildman–Crippen LogP) is 4.67. The number of amides is 1. The molecule has 6 nitrogen and oxygen atoms in total. The molecule has 0 saturated heterocycles. The molecule has 4 aromatic rings. The summed E-state index contributed by atoms with van der Waals surface area (Å²) in [7, 11) is 0. The van der Waals surface area contributed by atoms with Crippen LogP contribution in [0.2, 0.25) is 0 Å². The topological polar surface area (TPSA) is 83.7 Å². The molecule has 0 aliphatic carbocycles. The van der Waals surface area contributed by atoms with Gasteiger partial charge in [-0.05, 0) is 37.3 Å². The van der Waals surface area contributed by atoms with Crippen LogP contribution in [0.15, 0.2) is 95.2 Å². The molecule has 1 aromatic heterocycles. The van der Waals surface area contributed by atoms with Crippen LogP contribution in [0, 0.1) is 6.92 Å². The van der Waals surface area contributed by atoms with E-state index in [1.807, 2.05) is 19.1 Å². The van der Waals surface area contributed by atoms with Crippen molar-refractivity contribution in [3.05, 3.63) is 112 Å². The average Bonchev–Trinajstić information content (AvgIpc) is 2.84. The highest BCUT2D eigenvalue weighted by molar-refractivity contribution is 6.04. The largest absolute Gasteiger partial charge is 0.494 e. The molecule has 0 fully saturated rings. The Morgan fingerprint density at radius 2 is 1.70 bits per heavy atom. The Hall–Kier alpha value is -4.45. The number of pyridine rings is 1. The van der Waals surface area contributed by atoms with Crippen LogP contribution in [-0.2, 0) is 0 Å². The number of carbonyl (C=O) groups is 1. The lowest BCUT2D eigenvalue weighted by atomic mass is 10.1. The van der Waals surface area contributed by atoms with Gasteiger partial charge < -0.3 is 10.4 Å². The van der Waals surface area contributed by atoms with Crippen LogP contribution in [0.25, 0.3) is 16.5 Å². The summed E-state index contributed by atoms with van der Waals surface area (Å²) in [5, 5.41) is 14.9. The number of aromatic hydroxyl groups is 1. The lowest BCUT2D eigenvalue weighted by molar-refractivity contribution is 0.0958. The van der Waals surface area contributed by atoms with Gasteiger partial charge in [-0.25, -0.2) is 4.57 Å². The van der Waals surface area contributed by atoms with Gasteiger partial charge in [-0.15, -0.1) is 6.58 Å². The monoisotopic (exact) mass is 437 g/mol. The first-order chi connectivity index (χ1) is 16.0. The molecular weight excluding hydrogens is 414 g/mol. The van der Waals surface area contributed by atoms with Gasteiger partial charge in [-0.1, -0.05) is 54.1 Å². The van der Waals surface area contributed by atoms with Gasteiger partial charge in [0.05, 0.1) is 22.5 Å². The Balaban J connectivity index is 1.88. The van der Waals surface area contributed by atoms with Gasteiger partial charge in [-0.3, -0.25) is 14.6 Å². The molecule has 0 radical (unpaired) electrons. The second kappa shape index (κ2) is 9.36. The van der Waals surface area contributed by atoms with E-state index in [9.17, 15) is 14.7 Å². The number of aliphatic imine (C=N–C) groups is 1. The maximum atomic E-state index is 13.2. The van der Waals surface area contributed by atoms with Gasteiger partial charge in [0.2, 0.25) is 5.88 Å². The van der Waals surface area contributed by atoms with Gasteiger partial charge in [-0.2, -0.15) is 0 Å². The summed E-state index contributed by atoms with van der Waals surface area (Å²) in [4.78, 5) is 30.2. The minimum atomic E-state index is -0.326. The van der Waals surface area contributed by atoms with Crippen molar-refractivity contribution in [2.24, 2.45) is 4.99 Å². The molecule has 0 saturated carbocycles. The summed E-state index contributed by atoms with van der Waals surface area (Å²) in [6.45, 7) is 5.90.